The summed E-state index contributed by atoms with van der Waals surface area (Å²) in [5, 5.41) is 0. The summed E-state index contributed by atoms with van der Waals surface area (Å²) in [5.41, 5.74) is 5.05. The summed E-state index contributed by atoms with van der Waals surface area (Å²) in [6.45, 7) is 4.95. The SMILES string of the molecule is CCCCCCCCCCCCCCOCCOCCCC(N)=O. The topological polar surface area (TPSA) is 61.6 Å². The zero-order chi connectivity index (χ0) is 17.7. The standard InChI is InChI=1S/C20H41NO3/c1-2-3-4-5-6-7-8-9-10-11-12-13-16-23-18-19-24-17-14-15-20(21)22/h2-19H2,1H3,(H2,21,22). The zero-order valence-electron chi connectivity index (χ0n) is 16.0. The smallest absolute Gasteiger partial charge is 0.217 e. The summed E-state index contributed by atoms with van der Waals surface area (Å²) in [4.78, 5) is 10.5. The number of carbonyl (C=O) groups is 1. The van der Waals surface area contributed by atoms with E-state index in [9.17, 15) is 4.79 Å². The van der Waals surface area contributed by atoms with Crippen LogP contribution in [0.4, 0.5) is 0 Å². The Morgan fingerprint density at radius 1 is 0.625 bits per heavy atom. The molecule has 0 saturated carbocycles. The average molecular weight is 344 g/mol. The fourth-order valence-electron chi connectivity index (χ4n) is 2.72. The molecular formula is C20H41NO3. The van der Waals surface area contributed by atoms with Crippen molar-refractivity contribution in [1.82, 2.24) is 0 Å². The van der Waals surface area contributed by atoms with Crippen LogP contribution < -0.4 is 5.73 Å². The van der Waals surface area contributed by atoms with E-state index in [0.717, 1.165) is 13.0 Å². The Labute approximate surface area is 149 Å². The molecule has 144 valence electrons. The normalized spacial score (nSPS) is 11.0. The van der Waals surface area contributed by atoms with Gasteiger partial charge in [-0.1, -0.05) is 77.6 Å². The lowest BCUT2D eigenvalue weighted by Crippen LogP contribution is -2.12. The van der Waals surface area contributed by atoms with E-state index >= 15 is 0 Å². The fraction of sp³-hybridized carbons (Fsp3) is 0.950. The predicted octanol–water partition coefficient (Wildman–Crippen LogP) is 4.99. The number of hydrogen-bond acceptors (Lipinski definition) is 3. The third-order valence-electron chi connectivity index (χ3n) is 4.23. The minimum atomic E-state index is -0.262. The van der Waals surface area contributed by atoms with Gasteiger partial charge in [0, 0.05) is 19.6 Å². The first-order chi connectivity index (χ1) is 11.8. The van der Waals surface area contributed by atoms with Gasteiger partial charge in [-0.25, -0.2) is 0 Å². The highest BCUT2D eigenvalue weighted by atomic mass is 16.5. The molecule has 0 rings (SSSR count). The first kappa shape index (κ1) is 23.4. The van der Waals surface area contributed by atoms with Crippen LogP contribution in [0.2, 0.25) is 0 Å². The van der Waals surface area contributed by atoms with Crippen LogP contribution in [0.1, 0.15) is 96.8 Å². The van der Waals surface area contributed by atoms with Crippen LogP contribution in [0.15, 0.2) is 0 Å². The molecule has 0 aliphatic carbocycles. The van der Waals surface area contributed by atoms with E-state index < -0.39 is 0 Å². The van der Waals surface area contributed by atoms with Crippen molar-refractivity contribution in [1.29, 1.82) is 0 Å². The Hall–Kier alpha value is -0.610. The number of rotatable bonds is 20. The van der Waals surface area contributed by atoms with Crippen molar-refractivity contribution < 1.29 is 14.3 Å². The Balaban J connectivity index is 2.97. The largest absolute Gasteiger partial charge is 0.379 e. The summed E-state index contributed by atoms with van der Waals surface area (Å²) < 4.78 is 10.9. The van der Waals surface area contributed by atoms with Gasteiger partial charge in [0.2, 0.25) is 5.91 Å². The van der Waals surface area contributed by atoms with Crippen molar-refractivity contribution in [3.8, 4) is 0 Å². The van der Waals surface area contributed by atoms with Crippen LogP contribution in [0.5, 0.6) is 0 Å². The molecule has 0 atom stereocenters. The van der Waals surface area contributed by atoms with Gasteiger partial charge in [-0.2, -0.15) is 0 Å². The number of nitrogens with two attached hydrogens (primary N) is 1. The Bertz CT molecular complexity index is 259. The van der Waals surface area contributed by atoms with Crippen molar-refractivity contribution in [3.05, 3.63) is 0 Å². The first-order valence-corrected chi connectivity index (χ1v) is 10.2. The molecular weight excluding hydrogens is 302 g/mol. The van der Waals surface area contributed by atoms with Gasteiger partial charge in [-0.3, -0.25) is 4.79 Å². The first-order valence-electron chi connectivity index (χ1n) is 10.2. The Morgan fingerprint density at radius 3 is 1.50 bits per heavy atom. The average Bonchev–Trinajstić information content (AvgIpc) is 2.56. The molecule has 0 aliphatic rings. The number of amides is 1. The third kappa shape index (κ3) is 21.4. The Kier molecular flexibility index (Phi) is 19.9. The second-order valence-corrected chi connectivity index (χ2v) is 6.68. The van der Waals surface area contributed by atoms with Gasteiger partial charge in [0.05, 0.1) is 13.2 Å². The van der Waals surface area contributed by atoms with Gasteiger partial charge in [-0.15, -0.1) is 0 Å². The van der Waals surface area contributed by atoms with Crippen LogP contribution in [0, 0.1) is 0 Å². The molecule has 24 heavy (non-hydrogen) atoms. The van der Waals surface area contributed by atoms with Gasteiger partial charge in [-0.05, 0) is 12.8 Å². The lowest BCUT2D eigenvalue weighted by molar-refractivity contribution is -0.118. The molecule has 0 radical (unpaired) electrons. The van der Waals surface area contributed by atoms with E-state index in [-0.39, 0.29) is 5.91 Å². The molecule has 0 saturated heterocycles. The lowest BCUT2D eigenvalue weighted by Gasteiger charge is -2.06. The van der Waals surface area contributed by atoms with E-state index in [4.69, 9.17) is 15.2 Å². The number of unbranched alkanes of at least 4 members (excludes halogenated alkanes) is 11. The molecule has 0 aliphatic heterocycles. The second kappa shape index (κ2) is 20.4. The minimum absolute atomic E-state index is 0.262. The number of primary amides is 1. The molecule has 2 N–H and O–H groups in total. The summed E-state index contributed by atoms with van der Waals surface area (Å²) >= 11 is 0. The van der Waals surface area contributed by atoms with E-state index in [1.165, 1.54) is 70.6 Å². The molecule has 0 spiro atoms. The Morgan fingerprint density at radius 2 is 1.04 bits per heavy atom. The highest BCUT2D eigenvalue weighted by Gasteiger charge is 1.96. The zero-order valence-corrected chi connectivity index (χ0v) is 16.0. The van der Waals surface area contributed by atoms with E-state index in [1.807, 2.05) is 0 Å². The monoisotopic (exact) mass is 343 g/mol. The van der Waals surface area contributed by atoms with Crippen molar-refractivity contribution in [2.24, 2.45) is 5.73 Å². The molecule has 0 aromatic carbocycles. The lowest BCUT2D eigenvalue weighted by atomic mass is 10.1. The van der Waals surface area contributed by atoms with Gasteiger partial charge in [0.1, 0.15) is 0 Å². The van der Waals surface area contributed by atoms with Crippen molar-refractivity contribution >= 4 is 5.91 Å². The van der Waals surface area contributed by atoms with Crippen LogP contribution >= 0.6 is 0 Å². The number of hydrogen-bond donors (Lipinski definition) is 1. The van der Waals surface area contributed by atoms with Crippen LogP contribution in [-0.4, -0.2) is 32.3 Å². The van der Waals surface area contributed by atoms with Gasteiger partial charge < -0.3 is 15.2 Å². The highest BCUT2D eigenvalue weighted by molar-refractivity contribution is 5.73. The molecule has 0 heterocycles. The number of ether oxygens (including phenoxy) is 2. The highest BCUT2D eigenvalue weighted by Crippen LogP contribution is 2.11. The molecule has 0 aromatic heterocycles. The molecule has 0 unspecified atom stereocenters. The summed E-state index contributed by atoms with van der Waals surface area (Å²) in [5.74, 6) is -0.262. The molecule has 4 heteroatoms. The van der Waals surface area contributed by atoms with Crippen molar-refractivity contribution in [2.45, 2.75) is 96.8 Å². The van der Waals surface area contributed by atoms with Gasteiger partial charge in [0.25, 0.3) is 0 Å². The molecule has 0 fully saturated rings. The minimum Gasteiger partial charge on any atom is -0.379 e. The van der Waals surface area contributed by atoms with Crippen molar-refractivity contribution in [3.63, 3.8) is 0 Å². The van der Waals surface area contributed by atoms with Crippen LogP contribution in [-0.2, 0) is 14.3 Å². The predicted molar refractivity (Wildman–Crippen MR) is 101 cm³/mol. The van der Waals surface area contributed by atoms with Gasteiger partial charge >= 0.3 is 0 Å². The van der Waals surface area contributed by atoms with E-state index in [1.54, 1.807) is 0 Å². The van der Waals surface area contributed by atoms with Crippen LogP contribution in [0.3, 0.4) is 0 Å². The molecule has 4 nitrogen and oxygen atoms in total. The molecule has 0 bridgehead atoms. The van der Waals surface area contributed by atoms with E-state index in [2.05, 4.69) is 6.92 Å². The summed E-state index contributed by atoms with van der Waals surface area (Å²) in [6.07, 6.45) is 17.5. The maximum atomic E-state index is 10.5. The third-order valence-corrected chi connectivity index (χ3v) is 4.23. The maximum absolute atomic E-state index is 10.5. The van der Waals surface area contributed by atoms with E-state index in [0.29, 0.717) is 32.7 Å². The quantitative estimate of drug-likeness (QED) is 0.317. The van der Waals surface area contributed by atoms with Crippen molar-refractivity contribution in [2.75, 3.05) is 26.4 Å². The van der Waals surface area contributed by atoms with Gasteiger partial charge in [0.15, 0.2) is 0 Å². The fourth-order valence-corrected chi connectivity index (χ4v) is 2.72. The van der Waals surface area contributed by atoms with Crippen LogP contribution in [0.25, 0.3) is 0 Å². The second-order valence-electron chi connectivity index (χ2n) is 6.68. The maximum Gasteiger partial charge on any atom is 0.217 e. The summed E-state index contributed by atoms with van der Waals surface area (Å²) in [7, 11) is 0. The molecule has 1 amide bonds. The molecule has 0 aromatic rings. The number of carbonyl (C=O) groups excluding carboxylic acids is 1. The summed E-state index contributed by atoms with van der Waals surface area (Å²) in [6, 6.07) is 0.